The first kappa shape index (κ1) is 20.6. The number of nitrogens with one attached hydrogen (secondary N) is 1. The minimum atomic E-state index is -0.229. The van der Waals surface area contributed by atoms with E-state index in [1.165, 1.54) is 0 Å². The quantitative estimate of drug-likeness (QED) is 0.353. The summed E-state index contributed by atoms with van der Waals surface area (Å²) < 4.78 is 5.88. The second kappa shape index (κ2) is 9.45. The Bertz CT molecular complexity index is 1250. The molecule has 4 nitrogen and oxygen atoms in total. The van der Waals surface area contributed by atoms with Gasteiger partial charge in [-0.25, -0.2) is 0 Å². The third-order valence-corrected chi connectivity index (χ3v) is 5.25. The molecule has 0 spiro atoms. The van der Waals surface area contributed by atoms with E-state index in [9.17, 15) is 4.79 Å². The van der Waals surface area contributed by atoms with Gasteiger partial charge in [-0.05, 0) is 53.6 Å². The molecule has 1 N–H and O–H groups in total. The van der Waals surface area contributed by atoms with E-state index in [1.807, 2.05) is 91.9 Å². The zero-order valence-electron chi connectivity index (χ0n) is 17.0. The van der Waals surface area contributed by atoms with E-state index in [4.69, 9.17) is 16.3 Å². The topological polar surface area (TPSA) is 50.7 Å². The number of aliphatic imine (C=N–C) groups is 1. The molecule has 0 heterocycles. The van der Waals surface area contributed by atoms with Gasteiger partial charge in [0.1, 0.15) is 5.75 Å². The molecular formula is C26H21ClN2O2. The SMILES string of the molecule is Cc1ccc(N=Cc2c(OCC(=O)Nc3ccccc3)ccc3ccccc23)cc1Cl. The van der Waals surface area contributed by atoms with Crippen LogP contribution in [0.25, 0.3) is 10.8 Å². The first-order valence-corrected chi connectivity index (χ1v) is 10.3. The number of carbonyl (C=O) groups is 1. The van der Waals surface area contributed by atoms with Gasteiger partial charge < -0.3 is 10.1 Å². The number of benzene rings is 4. The molecule has 0 bridgehead atoms. The molecule has 0 aliphatic rings. The summed E-state index contributed by atoms with van der Waals surface area (Å²) in [5, 5.41) is 5.55. The molecule has 0 saturated carbocycles. The van der Waals surface area contributed by atoms with Crippen molar-refractivity contribution in [1.82, 2.24) is 0 Å². The maximum absolute atomic E-state index is 12.3. The van der Waals surface area contributed by atoms with E-state index in [1.54, 1.807) is 6.21 Å². The smallest absolute Gasteiger partial charge is 0.262 e. The fourth-order valence-corrected chi connectivity index (χ4v) is 3.37. The summed E-state index contributed by atoms with van der Waals surface area (Å²) in [5.74, 6) is 0.358. The van der Waals surface area contributed by atoms with Gasteiger partial charge in [0, 0.05) is 22.5 Å². The van der Waals surface area contributed by atoms with Crippen molar-refractivity contribution < 1.29 is 9.53 Å². The highest BCUT2D eigenvalue weighted by molar-refractivity contribution is 6.31. The molecule has 0 radical (unpaired) electrons. The highest BCUT2D eigenvalue weighted by Gasteiger charge is 2.10. The van der Waals surface area contributed by atoms with Crippen molar-refractivity contribution in [2.24, 2.45) is 4.99 Å². The van der Waals surface area contributed by atoms with E-state index >= 15 is 0 Å². The monoisotopic (exact) mass is 428 g/mol. The Morgan fingerprint density at radius 2 is 1.77 bits per heavy atom. The van der Waals surface area contributed by atoms with Crippen LogP contribution in [0, 0.1) is 6.92 Å². The standard InChI is InChI=1S/C26H21ClN2O2/c1-18-11-13-21(15-24(18)27)28-16-23-22-10-6-5-7-19(22)12-14-25(23)31-17-26(30)29-20-8-3-2-4-9-20/h2-16H,17H2,1H3,(H,29,30). The van der Waals surface area contributed by atoms with Crippen LogP contribution in [0.15, 0.2) is 89.9 Å². The average Bonchev–Trinajstić information content (AvgIpc) is 2.79. The second-order valence-electron chi connectivity index (χ2n) is 7.09. The predicted molar refractivity (Wildman–Crippen MR) is 128 cm³/mol. The van der Waals surface area contributed by atoms with Crippen molar-refractivity contribution >= 4 is 45.9 Å². The van der Waals surface area contributed by atoms with Gasteiger partial charge in [-0.1, -0.05) is 66.2 Å². The van der Waals surface area contributed by atoms with Gasteiger partial charge in [-0.3, -0.25) is 9.79 Å². The third-order valence-electron chi connectivity index (χ3n) is 4.85. The van der Waals surface area contributed by atoms with Gasteiger partial charge in [-0.2, -0.15) is 0 Å². The van der Waals surface area contributed by atoms with Gasteiger partial charge in [-0.15, -0.1) is 0 Å². The molecule has 1 amide bonds. The number of para-hydroxylation sites is 1. The number of amides is 1. The lowest BCUT2D eigenvalue weighted by molar-refractivity contribution is -0.118. The molecule has 4 aromatic carbocycles. The predicted octanol–water partition coefficient (Wildman–Crippen LogP) is 6.57. The van der Waals surface area contributed by atoms with Crippen molar-refractivity contribution in [1.29, 1.82) is 0 Å². The number of anilines is 1. The number of ether oxygens (including phenoxy) is 1. The molecule has 31 heavy (non-hydrogen) atoms. The number of rotatable bonds is 6. The van der Waals surface area contributed by atoms with Crippen molar-refractivity contribution in [3.63, 3.8) is 0 Å². The summed E-state index contributed by atoms with van der Waals surface area (Å²) in [6, 6.07) is 26.8. The number of aryl methyl sites for hydroxylation is 1. The molecule has 0 aromatic heterocycles. The first-order valence-electron chi connectivity index (χ1n) is 9.90. The van der Waals surface area contributed by atoms with E-state index < -0.39 is 0 Å². The van der Waals surface area contributed by atoms with Crippen molar-refractivity contribution in [2.75, 3.05) is 11.9 Å². The number of hydrogen-bond acceptors (Lipinski definition) is 3. The maximum atomic E-state index is 12.3. The molecule has 0 fully saturated rings. The van der Waals surface area contributed by atoms with Crippen LogP contribution in [0.5, 0.6) is 5.75 Å². The fraction of sp³-hybridized carbons (Fsp3) is 0.0769. The third kappa shape index (κ3) is 5.11. The number of halogens is 1. The second-order valence-corrected chi connectivity index (χ2v) is 7.50. The molecule has 0 atom stereocenters. The van der Waals surface area contributed by atoms with E-state index in [0.717, 1.165) is 33.3 Å². The van der Waals surface area contributed by atoms with Crippen LogP contribution in [-0.4, -0.2) is 18.7 Å². The van der Waals surface area contributed by atoms with Gasteiger partial charge in [0.15, 0.2) is 6.61 Å². The van der Waals surface area contributed by atoms with Crippen LogP contribution in [0.4, 0.5) is 11.4 Å². The van der Waals surface area contributed by atoms with Crippen LogP contribution in [0.1, 0.15) is 11.1 Å². The van der Waals surface area contributed by atoms with E-state index in [0.29, 0.717) is 10.8 Å². The highest BCUT2D eigenvalue weighted by atomic mass is 35.5. The summed E-state index contributed by atoms with van der Waals surface area (Å²) in [6.07, 6.45) is 1.76. The Morgan fingerprint density at radius 3 is 2.58 bits per heavy atom. The van der Waals surface area contributed by atoms with Crippen LogP contribution >= 0.6 is 11.6 Å². The van der Waals surface area contributed by atoms with Crippen molar-refractivity contribution in [3.8, 4) is 5.75 Å². The normalized spacial score (nSPS) is 11.0. The van der Waals surface area contributed by atoms with Crippen molar-refractivity contribution in [2.45, 2.75) is 6.92 Å². The molecule has 0 aliphatic carbocycles. The largest absolute Gasteiger partial charge is 0.483 e. The minimum Gasteiger partial charge on any atom is -0.483 e. The summed E-state index contributed by atoms with van der Waals surface area (Å²) in [4.78, 5) is 16.9. The molecular weight excluding hydrogens is 408 g/mol. The Kier molecular flexibility index (Phi) is 6.29. The highest BCUT2D eigenvalue weighted by Crippen LogP contribution is 2.28. The summed E-state index contributed by atoms with van der Waals surface area (Å²) in [6.45, 7) is 1.84. The summed E-state index contributed by atoms with van der Waals surface area (Å²) >= 11 is 6.23. The Balaban J connectivity index is 1.60. The van der Waals surface area contributed by atoms with Crippen LogP contribution < -0.4 is 10.1 Å². The zero-order valence-corrected chi connectivity index (χ0v) is 17.8. The lowest BCUT2D eigenvalue weighted by atomic mass is 10.0. The average molecular weight is 429 g/mol. The molecule has 0 unspecified atom stereocenters. The molecule has 154 valence electrons. The maximum Gasteiger partial charge on any atom is 0.262 e. The molecule has 4 aromatic rings. The molecule has 0 aliphatic heterocycles. The van der Waals surface area contributed by atoms with Gasteiger partial charge >= 0.3 is 0 Å². The lowest BCUT2D eigenvalue weighted by Crippen LogP contribution is -2.20. The Hall–Kier alpha value is -3.63. The fourth-order valence-electron chi connectivity index (χ4n) is 3.20. The lowest BCUT2D eigenvalue weighted by Gasteiger charge is -2.12. The number of carbonyl (C=O) groups excluding carboxylic acids is 1. The Labute approximate surface area is 186 Å². The van der Waals surface area contributed by atoms with E-state index in [-0.39, 0.29) is 12.5 Å². The number of hydrogen-bond donors (Lipinski definition) is 1. The minimum absolute atomic E-state index is 0.107. The molecule has 5 heteroatoms. The molecule has 4 rings (SSSR count). The van der Waals surface area contributed by atoms with Crippen molar-refractivity contribution in [3.05, 3.63) is 101 Å². The summed E-state index contributed by atoms with van der Waals surface area (Å²) in [5.41, 5.74) is 3.28. The number of nitrogens with zero attached hydrogens (tertiary/aromatic N) is 1. The van der Waals surface area contributed by atoms with Crippen LogP contribution in [-0.2, 0) is 4.79 Å². The zero-order chi connectivity index (χ0) is 21.6. The van der Waals surface area contributed by atoms with Gasteiger partial charge in [0.25, 0.3) is 5.91 Å². The van der Waals surface area contributed by atoms with Gasteiger partial charge in [0.2, 0.25) is 0 Å². The van der Waals surface area contributed by atoms with Crippen LogP contribution in [0.3, 0.4) is 0 Å². The van der Waals surface area contributed by atoms with E-state index in [2.05, 4.69) is 10.3 Å². The number of fused-ring (bicyclic) bond motifs is 1. The Morgan fingerprint density at radius 1 is 1.00 bits per heavy atom. The van der Waals surface area contributed by atoms with Crippen LogP contribution in [0.2, 0.25) is 5.02 Å². The first-order chi connectivity index (χ1) is 15.1. The van der Waals surface area contributed by atoms with Gasteiger partial charge in [0.05, 0.1) is 5.69 Å². The molecule has 0 saturated heterocycles. The summed E-state index contributed by atoms with van der Waals surface area (Å²) in [7, 11) is 0.